The van der Waals surface area contributed by atoms with Crippen LogP contribution in [-0.4, -0.2) is 102 Å². The zero-order valence-electron chi connectivity index (χ0n) is 21.9. The number of nitrogens with zero attached hydrogens (tertiary/aromatic N) is 3. The van der Waals surface area contributed by atoms with Crippen LogP contribution < -0.4 is 0 Å². The maximum atomic E-state index is 12.5. The molecule has 2 aliphatic rings. The summed E-state index contributed by atoms with van der Waals surface area (Å²) in [7, 11) is -3.14. The number of carboxylic acid groups (broad SMARTS) is 2. The summed E-state index contributed by atoms with van der Waals surface area (Å²) in [5.41, 5.74) is 1.27. The fourth-order valence-electron chi connectivity index (χ4n) is 4.03. The molecule has 2 saturated heterocycles. The van der Waals surface area contributed by atoms with Gasteiger partial charge in [-0.05, 0) is 30.4 Å². The Balaban J connectivity index is 0.000000473. The van der Waals surface area contributed by atoms with Crippen molar-refractivity contribution in [3.05, 3.63) is 30.1 Å². The first-order valence-electron chi connectivity index (χ1n) is 12.0. The number of aromatic nitrogens is 1. The third-order valence-corrected chi connectivity index (χ3v) is 8.09. The number of carbonyl (C=O) groups is 2. The smallest absolute Gasteiger partial charge is 0.475 e. The number of alkyl halides is 6. The molecule has 0 bridgehead atoms. The van der Waals surface area contributed by atoms with Gasteiger partial charge in [-0.15, -0.1) is 0 Å². The van der Waals surface area contributed by atoms with E-state index in [0.717, 1.165) is 45.7 Å². The van der Waals surface area contributed by atoms with Gasteiger partial charge in [0.25, 0.3) is 0 Å². The van der Waals surface area contributed by atoms with Gasteiger partial charge in [-0.3, -0.25) is 9.88 Å². The van der Waals surface area contributed by atoms with Gasteiger partial charge in [-0.2, -0.15) is 26.3 Å². The standard InChI is InChI=1S/C19H31N3O3S.2C2HF3O2/c1-17(2)14-26(23,24)22-8-5-19(6-9-22)15-21(10-11-25-16-19)13-18-4-3-7-20-12-18;2*3-2(4,5)1(6)7/h3-4,7,12,17H,5-6,8-11,13-16H2,1-2H3;2*(H,6,7). The third-order valence-electron chi connectivity index (χ3n) is 5.85. The number of halogens is 6. The van der Waals surface area contributed by atoms with Gasteiger partial charge in [-0.1, -0.05) is 19.9 Å². The first-order valence-corrected chi connectivity index (χ1v) is 13.7. The molecule has 0 amide bonds. The maximum Gasteiger partial charge on any atom is 0.490 e. The second-order valence-corrected chi connectivity index (χ2v) is 11.8. The highest BCUT2D eigenvalue weighted by Gasteiger charge is 2.41. The Kier molecular flexibility index (Phi) is 13.3. The number of piperidine rings is 1. The quantitative estimate of drug-likeness (QED) is 0.482. The second kappa shape index (κ2) is 14.9. The topological polar surface area (TPSA) is 137 Å². The normalized spacial score (nSPS) is 18.6. The molecule has 0 saturated carbocycles. The molecule has 0 aromatic carbocycles. The second-order valence-electron chi connectivity index (χ2n) is 9.80. The van der Waals surface area contributed by atoms with Crippen LogP contribution in [0.25, 0.3) is 0 Å². The van der Waals surface area contributed by atoms with Crippen LogP contribution in [0.4, 0.5) is 26.3 Å². The van der Waals surface area contributed by atoms with Gasteiger partial charge in [0.15, 0.2) is 0 Å². The zero-order valence-corrected chi connectivity index (χ0v) is 22.7. The average molecular weight is 610 g/mol. The van der Waals surface area contributed by atoms with Crippen molar-refractivity contribution in [3.8, 4) is 0 Å². The van der Waals surface area contributed by atoms with Crippen molar-refractivity contribution < 1.29 is 59.3 Å². The van der Waals surface area contributed by atoms with Gasteiger partial charge in [0.05, 0.1) is 19.0 Å². The van der Waals surface area contributed by atoms with Gasteiger partial charge in [0.2, 0.25) is 10.0 Å². The highest BCUT2D eigenvalue weighted by Crippen LogP contribution is 2.35. The highest BCUT2D eigenvalue weighted by molar-refractivity contribution is 7.89. The molecule has 0 atom stereocenters. The van der Waals surface area contributed by atoms with Crippen LogP contribution in [0, 0.1) is 11.3 Å². The minimum Gasteiger partial charge on any atom is -0.475 e. The van der Waals surface area contributed by atoms with Gasteiger partial charge in [0, 0.05) is 50.5 Å². The molecule has 0 unspecified atom stereocenters. The minimum absolute atomic E-state index is 0.0581. The van der Waals surface area contributed by atoms with E-state index >= 15 is 0 Å². The van der Waals surface area contributed by atoms with Gasteiger partial charge >= 0.3 is 24.3 Å². The molecule has 10 nitrogen and oxygen atoms in total. The van der Waals surface area contributed by atoms with E-state index in [9.17, 15) is 34.8 Å². The monoisotopic (exact) mass is 609 g/mol. The molecule has 3 heterocycles. The van der Waals surface area contributed by atoms with Crippen molar-refractivity contribution in [2.24, 2.45) is 11.3 Å². The van der Waals surface area contributed by atoms with Crippen LogP contribution in [0.3, 0.4) is 0 Å². The predicted molar refractivity (Wildman–Crippen MR) is 130 cm³/mol. The number of sulfonamides is 1. The fourth-order valence-corrected chi connectivity index (χ4v) is 5.83. The van der Waals surface area contributed by atoms with E-state index in [0.29, 0.717) is 13.1 Å². The Bertz CT molecular complexity index is 1020. The Morgan fingerprint density at radius 2 is 1.57 bits per heavy atom. The summed E-state index contributed by atoms with van der Waals surface area (Å²) in [6.45, 7) is 9.33. The van der Waals surface area contributed by atoms with Crippen LogP contribution in [0.1, 0.15) is 32.3 Å². The predicted octanol–water partition coefficient (Wildman–Crippen LogP) is 3.25. The van der Waals surface area contributed by atoms with Gasteiger partial charge < -0.3 is 14.9 Å². The van der Waals surface area contributed by atoms with E-state index in [1.165, 1.54) is 5.56 Å². The van der Waals surface area contributed by atoms with Crippen LogP contribution in [0.2, 0.25) is 0 Å². The van der Waals surface area contributed by atoms with E-state index in [1.807, 2.05) is 26.1 Å². The van der Waals surface area contributed by atoms with Crippen LogP contribution >= 0.6 is 0 Å². The molecule has 3 rings (SSSR count). The molecule has 230 valence electrons. The number of pyridine rings is 1. The molecule has 0 aliphatic carbocycles. The largest absolute Gasteiger partial charge is 0.490 e. The van der Waals surface area contributed by atoms with Crippen molar-refractivity contribution in [3.63, 3.8) is 0 Å². The van der Waals surface area contributed by atoms with Crippen molar-refractivity contribution in [1.29, 1.82) is 0 Å². The first-order chi connectivity index (χ1) is 18.3. The van der Waals surface area contributed by atoms with Crippen LogP contribution in [-0.2, 0) is 30.9 Å². The van der Waals surface area contributed by atoms with Crippen molar-refractivity contribution in [2.45, 2.75) is 45.6 Å². The third kappa shape index (κ3) is 12.8. The molecule has 0 radical (unpaired) electrons. The summed E-state index contributed by atoms with van der Waals surface area (Å²) < 4.78 is 96.1. The molecule has 2 aliphatic heterocycles. The van der Waals surface area contributed by atoms with Crippen LogP contribution in [0.5, 0.6) is 0 Å². The highest BCUT2D eigenvalue weighted by atomic mass is 32.2. The number of hydrogen-bond donors (Lipinski definition) is 2. The molecule has 1 aromatic rings. The molecule has 2 fully saturated rings. The molecule has 40 heavy (non-hydrogen) atoms. The molecular formula is C23H33F6N3O7S. The summed E-state index contributed by atoms with van der Waals surface area (Å²) in [4.78, 5) is 24.4. The zero-order chi connectivity index (χ0) is 30.8. The van der Waals surface area contributed by atoms with Crippen molar-refractivity contribution in [1.82, 2.24) is 14.2 Å². The Labute approximate surface area is 228 Å². The summed E-state index contributed by atoms with van der Waals surface area (Å²) in [5, 5.41) is 14.2. The Morgan fingerprint density at radius 3 is 2.00 bits per heavy atom. The summed E-state index contributed by atoms with van der Waals surface area (Å²) in [6.07, 6.45) is -4.72. The van der Waals surface area contributed by atoms with Gasteiger partial charge in [-0.25, -0.2) is 22.3 Å². The molecule has 1 aromatic heterocycles. The first kappa shape index (κ1) is 35.5. The summed E-state index contributed by atoms with van der Waals surface area (Å²) >= 11 is 0. The lowest BCUT2D eigenvalue weighted by atomic mass is 9.79. The number of aliphatic carboxylic acids is 2. The van der Waals surface area contributed by atoms with E-state index in [1.54, 1.807) is 10.5 Å². The SMILES string of the molecule is CC(C)CS(=O)(=O)N1CCC2(CC1)COCCN(Cc1cccnc1)C2.O=C(O)C(F)(F)F.O=C(O)C(F)(F)F. The Morgan fingerprint density at radius 1 is 1.05 bits per heavy atom. The average Bonchev–Trinajstić information content (AvgIpc) is 3.00. The van der Waals surface area contributed by atoms with Crippen molar-refractivity contribution in [2.75, 3.05) is 45.1 Å². The molecule has 17 heteroatoms. The summed E-state index contributed by atoms with van der Waals surface area (Å²) in [5.74, 6) is -5.11. The van der Waals surface area contributed by atoms with Crippen LogP contribution in [0.15, 0.2) is 24.5 Å². The van der Waals surface area contributed by atoms with E-state index in [4.69, 9.17) is 24.5 Å². The lowest BCUT2D eigenvalue weighted by Crippen LogP contribution is -2.49. The number of ether oxygens (including phenoxy) is 1. The number of rotatable bonds is 5. The lowest BCUT2D eigenvalue weighted by molar-refractivity contribution is -0.193. The van der Waals surface area contributed by atoms with Crippen molar-refractivity contribution >= 4 is 22.0 Å². The lowest BCUT2D eigenvalue weighted by Gasteiger charge is -2.42. The molecular weight excluding hydrogens is 576 g/mol. The fraction of sp³-hybridized carbons (Fsp3) is 0.696. The van der Waals surface area contributed by atoms with E-state index in [-0.39, 0.29) is 17.1 Å². The number of hydrogen-bond acceptors (Lipinski definition) is 7. The minimum atomic E-state index is -5.08. The number of carboxylic acids is 2. The van der Waals surface area contributed by atoms with Gasteiger partial charge in [0.1, 0.15) is 0 Å². The van der Waals surface area contributed by atoms with E-state index < -0.39 is 34.3 Å². The summed E-state index contributed by atoms with van der Waals surface area (Å²) in [6, 6.07) is 4.07. The molecule has 1 spiro atoms. The Hall–Kier alpha value is -2.50. The molecule has 2 N–H and O–H groups in total. The maximum absolute atomic E-state index is 12.5. The van der Waals surface area contributed by atoms with E-state index in [2.05, 4.69) is 16.0 Å².